The second kappa shape index (κ2) is 9.39. The average molecular weight is 349 g/mol. The summed E-state index contributed by atoms with van der Waals surface area (Å²) >= 11 is 6.11. The number of methoxy groups -OCH3 is 1. The summed E-state index contributed by atoms with van der Waals surface area (Å²) in [4.78, 5) is 25.3. The van der Waals surface area contributed by atoms with Gasteiger partial charge in [-0.2, -0.15) is 10.5 Å². The summed E-state index contributed by atoms with van der Waals surface area (Å²) in [5.41, 5.74) is 0.533. The molecule has 2 amide bonds. The average Bonchev–Trinajstić information content (AvgIpc) is 2.55. The van der Waals surface area contributed by atoms with Gasteiger partial charge in [-0.3, -0.25) is 9.59 Å². The minimum atomic E-state index is -0.395. The molecule has 1 N–H and O–H groups in total. The number of benzene rings is 1. The minimum absolute atomic E-state index is 0.150. The van der Waals surface area contributed by atoms with Crippen LogP contribution in [0.5, 0.6) is 5.75 Å². The smallest absolute Gasteiger partial charge is 0.257 e. The van der Waals surface area contributed by atoms with Gasteiger partial charge in [0.05, 0.1) is 48.4 Å². The molecule has 8 heteroatoms. The summed E-state index contributed by atoms with van der Waals surface area (Å²) in [5, 5.41) is 20.2. The molecule has 0 spiro atoms. The fraction of sp³-hybridized carbons (Fsp3) is 0.375. The van der Waals surface area contributed by atoms with Crippen molar-refractivity contribution in [2.75, 3.05) is 25.5 Å². The molecular weight excluding hydrogens is 332 g/mol. The Morgan fingerprint density at radius 1 is 1.25 bits per heavy atom. The molecule has 0 radical (unpaired) electrons. The molecule has 0 fully saturated rings. The summed E-state index contributed by atoms with van der Waals surface area (Å²) in [6.45, 7) is 1.74. The third-order valence-corrected chi connectivity index (χ3v) is 3.42. The molecule has 0 aliphatic rings. The number of carbonyl (C=O) groups is 2. The van der Waals surface area contributed by atoms with Gasteiger partial charge in [-0.1, -0.05) is 11.6 Å². The molecule has 0 unspecified atom stereocenters. The van der Waals surface area contributed by atoms with E-state index < -0.39 is 5.91 Å². The molecule has 0 atom stereocenters. The molecule has 0 saturated heterocycles. The van der Waals surface area contributed by atoms with Crippen molar-refractivity contribution in [1.29, 1.82) is 10.5 Å². The standard InChI is InChI=1S/C16H17ClN4O3/c1-11(22)20-14-10-15(24-2)12(9-13(14)17)16(23)21(7-3-5-18)8-4-6-19/h9-10H,3-4,7-8H2,1-2H3,(H,20,22). The van der Waals surface area contributed by atoms with Gasteiger partial charge in [-0.05, 0) is 6.07 Å². The maximum Gasteiger partial charge on any atom is 0.257 e. The fourth-order valence-corrected chi connectivity index (χ4v) is 2.24. The van der Waals surface area contributed by atoms with Gasteiger partial charge in [0.1, 0.15) is 5.75 Å². The van der Waals surface area contributed by atoms with E-state index in [1.807, 2.05) is 12.1 Å². The zero-order valence-corrected chi connectivity index (χ0v) is 14.2. The van der Waals surface area contributed by atoms with Crippen LogP contribution in [0.2, 0.25) is 5.02 Å². The molecule has 7 nitrogen and oxygen atoms in total. The van der Waals surface area contributed by atoms with Crippen molar-refractivity contribution in [2.45, 2.75) is 19.8 Å². The van der Waals surface area contributed by atoms with Crippen LogP contribution in [0.1, 0.15) is 30.1 Å². The predicted octanol–water partition coefficient (Wildman–Crippen LogP) is 2.58. The maximum atomic E-state index is 12.7. The molecular formula is C16H17ClN4O3. The highest BCUT2D eigenvalue weighted by Gasteiger charge is 2.21. The van der Waals surface area contributed by atoms with Gasteiger partial charge in [-0.15, -0.1) is 0 Å². The van der Waals surface area contributed by atoms with Crippen molar-refractivity contribution in [3.63, 3.8) is 0 Å². The number of amides is 2. The molecule has 0 saturated carbocycles. The zero-order chi connectivity index (χ0) is 18.1. The Labute approximate surface area is 145 Å². The van der Waals surface area contributed by atoms with E-state index in [0.717, 1.165) is 0 Å². The van der Waals surface area contributed by atoms with Crippen LogP contribution >= 0.6 is 11.6 Å². The van der Waals surface area contributed by atoms with Crippen LogP contribution in [0.25, 0.3) is 0 Å². The number of carbonyl (C=O) groups excluding carboxylic acids is 2. The molecule has 126 valence electrons. The van der Waals surface area contributed by atoms with Crippen LogP contribution in [-0.2, 0) is 4.79 Å². The largest absolute Gasteiger partial charge is 0.496 e. The van der Waals surface area contributed by atoms with Crippen molar-refractivity contribution in [3.8, 4) is 17.9 Å². The van der Waals surface area contributed by atoms with Crippen molar-refractivity contribution >= 4 is 29.1 Å². The van der Waals surface area contributed by atoms with Crippen LogP contribution in [0.3, 0.4) is 0 Å². The number of hydrogen-bond acceptors (Lipinski definition) is 5. The number of halogens is 1. The lowest BCUT2D eigenvalue weighted by Crippen LogP contribution is -2.33. The number of nitriles is 2. The quantitative estimate of drug-likeness (QED) is 0.815. The number of hydrogen-bond donors (Lipinski definition) is 1. The van der Waals surface area contributed by atoms with Crippen LogP contribution in [0, 0.1) is 22.7 Å². The molecule has 0 bridgehead atoms. The van der Waals surface area contributed by atoms with Crippen molar-refractivity contribution in [3.05, 3.63) is 22.7 Å². The van der Waals surface area contributed by atoms with E-state index in [2.05, 4.69) is 5.32 Å². The van der Waals surface area contributed by atoms with Crippen molar-refractivity contribution < 1.29 is 14.3 Å². The van der Waals surface area contributed by atoms with E-state index in [1.165, 1.54) is 31.1 Å². The third kappa shape index (κ3) is 5.15. The molecule has 1 rings (SSSR count). The Kier molecular flexibility index (Phi) is 7.54. The number of ether oxygens (including phenoxy) is 1. The Bertz CT molecular complexity index is 688. The second-order valence-corrected chi connectivity index (χ2v) is 5.23. The summed E-state index contributed by atoms with van der Waals surface area (Å²) < 4.78 is 5.22. The summed E-state index contributed by atoms with van der Waals surface area (Å²) in [5.74, 6) is -0.455. The molecule has 0 aliphatic heterocycles. The third-order valence-electron chi connectivity index (χ3n) is 3.10. The van der Waals surface area contributed by atoms with Crippen LogP contribution in [-0.4, -0.2) is 36.9 Å². The van der Waals surface area contributed by atoms with Crippen LogP contribution in [0.4, 0.5) is 5.69 Å². The van der Waals surface area contributed by atoms with E-state index in [-0.39, 0.29) is 48.2 Å². The topological polar surface area (TPSA) is 106 Å². The minimum Gasteiger partial charge on any atom is -0.496 e. The van der Waals surface area contributed by atoms with E-state index in [1.54, 1.807) is 0 Å². The molecule has 1 aromatic carbocycles. The summed E-state index contributed by atoms with van der Waals surface area (Å²) in [6.07, 6.45) is 0.300. The Hall–Kier alpha value is -2.77. The van der Waals surface area contributed by atoms with Gasteiger partial charge in [0.15, 0.2) is 0 Å². The van der Waals surface area contributed by atoms with E-state index >= 15 is 0 Å². The first kappa shape index (κ1) is 19.3. The highest BCUT2D eigenvalue weighted by molar-refractivity contribution is 6.34. The van der Waals surface area contributed by atoms with Crippen LogP contribution in [0.15, 0.2) is 12.1 Å². The Morgan fingerprint density at radius 3 is 2.29 bits per heavy atom. The van der Waals surface area contributed by atoms with E-state index in [9.17, 15) is 9.59 Å². The second-order valence-electron chi connectivity index (χ2n) is 4.82. The molecule has 0 aliphatic carbocycles. The maximum absolute atomic E-state index is 12.7. The van der Waals surface area contributed by atoms with Gasteiger partial charge < -0.3 is 15.0 Å². The van der Waals surface area contributed by atoms with Gasteiger partial charge >= 0.3 is 0 Å². The first-order chi connectivity index (χ1) is 11.4. The number of nitrogens with one attached hydrogen (secondary N) is 1. The van der Waals surface area contributed by atoms with Crippen molar-refractivity contribution in [1.82, 2.24) is 4.90 Å². The van der Waals surface area contributed by atoms with Crippen LogP contribution < -0.4 is 10.1 Å². The highest BCUT2D eigenvalue weighted by atomic mass is 35.5. The van der Waals surface area contributed by atoms with Crippen molar-refractivity contribution in [2.24, 2.45) is 0 Å². The van der Waals surface area contributed by atoms with Gasteiger partial charge in [0.2, 0.25) is 5.91 Å². The first-order valence-electron chi connectivity index (χ1n) is 7.12. The van der Waals surface area contributed by atoms with E-state index in [0.29, 0.717) is 5.69 Å². The van der Waals surface area contributed by atoms with E-state index in [4.69, 9.17) is 26.9 Å². The SMILES string of the molecule is COc1cc(NC(C)=O)c(Cl)cc1C(=O)N(CCC#N)CCC#N. The monoisotopic (exact) mass is 348 g/mol. The Balaban J connectivity index is 3.19. The number of anilines is 1. The molecule has 0 heterocycles. The zero-order valence-electron chi connectivity index (χ0n) is 13.4. The molecule has 0 aromatic heterocycles. The summed E-state index contributed by atoms with van der Waals surface area (Å²) in [7, 11) is 1.40. The lowest BCUT2D eigenvalue weighted by molar-refractivity contribution is -0.114. The van der Waals surface area contributed by atoms with Gasteiger partial charge in [0.25, 0.3) is 5.91 Å². The molecule has 1 aromatic rings. The number of nitrogens with zero attached hydrogens (tertiary/aromatic N) is 3. The predicted molar refractivity (Wildman–Crippen MR) is 88.7 cm³/mol. The normalized spacial score (nSPS) is 9.54. The number of rotatable bonds is 7. The first-order valence-corrected chi connectivity index (χ1v) is 7.50. The fourth-order valence-electron chi connectivity index (χ4n) is 2.03. The van der Waals surface area contributed by atoms with Gasteiger partial charge in [-0.25, -0.2) is 0 Å². The molecule has 24 heavy (non-hydrogen) atoms. The summed E-state index contributed by atoms with van der Waals surface area (Å²) in [6, 6.07) is 6.80. The lowest BCUT2D eigenvalue weighted by atomic mass is 10.1. The van der Waals surface area contributed by atoms with Gasteiger partial charge in [0, 0.05) is 26.1 Å². The Morgan fingerprint density at radius 2 is 1.83 bits per heavy atom. The lowest BCUT2D eigenvalue weighted by Gasteiger charge is -2.22. The highest BCUT2D eigenvalue weighted by Crippen LogP contribution is 2.32.